The number of esters is 1. The molecule has 1 amide bonds. The molecule has 0 aromatic heterocycles. The molecule has 0 fully saturated rings. The second-order valence-electron chi connectivity index (χ2n) is 6.24. The monoisotopic (exact) mass is 407 g/mol. The van der Waals surface area contributed by atoms with Gasteiger partial charge in [0.25, 0.3) is 0 Å². The number of carbonyl (C=O) groups is 3. The summed E-state index contributed by atoms with van der Waals surface area (Å²) < 4.78 is 5.14. The maximum absolute atomic E-state index is 12.5. The first-order valence-electron chi connectivity index (χ1n) is 8.92. The Hall–Kier alpha value is -3.44. The predicted octanol–water partition coefficient (Wildman–Crippen LogP) is 4.56. The van der Waals surface area contributed by atoms with E-state index >= 15 is 0 Å². The number of hydrogen-bond acceptors (Lipinski definition) is 4. The molecule has 146 valence electrons. The van der Waals surface area contributed by atoms with Crippen molar-refractivity contribution in [2.45, 2.75) is 6.42 Å². The van der Waals surface area contributed by atoms with Crippen LogP contribution in [-0.2, 0) is 16.0 Å². The first kappa shape index (κ1) is 20.3. The van der Waals surface area contributed by atoms with Gasteiger partial charge in [0, 0.05) is 5.56 Å². The molecular formula is C23H18ClNO4. The summed E-state index contributed by atoms with van der Waals surface area (Å²) in [4.78, 5) is 37.0. The number of carbonyl (C=O) groups excluding carboxylic acids is 3. The van der Waals surface area contributed by atoms with E-state index in [2.05, 4.69) is 5.32 Å². The molecule has 0 spiro atoms. The topological polar surface area (TPSA) is 72.5 Å². The molecule has 0 saturated carbocycles. The second kappa shape index (κ2) is 9.66. The summed E-state index contributed by atoms with van der Waals surface area (Å²) in [5, 5.41) is 3.02. The molecule has 3 aromatic carbocycles. The Morgan fingerprint density at radius 2 is 1.41 bits per heavy atom. The Labute approximate surface area is 173 Å². The number of Topliss-reactive ketones (excluding diaryl/α,β-unsaturated/α-hetero) is 1. The Bertz CT molecular complexity index is 1030. The summed E-state index contributed by atoms with van der Waals surface area (Å²) in [7, 11) is 0. The summed E-state index contributed by atoms with van der Waals surface area (Å²) in [6, 6.07) is 22.3. The smallest absolute Gasteiger partial charge is 0.340 e. The third-order valence-corrected chi connectivity index (χ3v) is 4.47. The van der Waals surface area contributed by atoms with Crippen molar-refractivity contribution in [2.75, 3.05) is 11.9 Å². The van der Waals surface area contributed by atoms with Crippen LogP contribution in [0.25, 0.3) is 0 Å². The van der Waals surface area contributed by atoms with Crippen LogP contribution < -0.4 is 5.32 Å². The van der Waals surface area contributed by atoms with Crippen LogP contribution in [0.5, 0.6) is 0 Å². The number of rotatable bonds is 7. The summed E-state index contributed by atoms with van der Waals surface area (Å²) in [6.45, 7) is -0.450. The van der Waals surface area contributed by atoms with Crippen LogP contribution in [0.1, 0.15) is 26.3 Å². The molecule has 3 rings (SSSR count). The Balaban J connectivity index is 1.65. The van der Waals surface area contributed by atoms with Crippen LogP contribution in [0.3, 0.4) is 0 Å². The first-order valence-corrected chi connectivity index (χ1v) is 9.30. The van der Waals surface area contributed by atoms with Gasteiger partial charge in [0.1, 0.15) is 0 Å². The van der Waals surface area contributed by atoms with Gasteiger partial charge in [0.05, 0.1) is 22.7 Å². The van der Waals surface area contributed by atoms with Crippen molar-refractivity contribution in [3.63, 3.8) is 0 Å². The first-order chi connectivity index (χ1) is 14.0. The Morgan fingerprint density at radius 3 is 2.14 bits per heavy atom. The lowest BCUT2D eigenvalue weighted by Gasteiger charge is -2.11. The summed E-state index contributed by atoms with van der Waals surface area (Å²) in [6.07, 6.45) is 0.176. The van der Waals surface area contributed by atoms with Crippen LogP contribution in [0, 0.1) is 0 Å². The highest BCUT2D eigenvalue weighted by Gasteiger charge is 2.17. The molecule has 5 nitrogen and oxygen atoms in total. The minimum absolute atomic E-state index is 0.167. The molecule has 6 heteroatoms. The van der Waals surface area contributed by atoms with E-state index < -0.39 is 18.4 Å². The zero-order valence-corrected chi connectivity index (χ0v) is 16.2. The Morgan fingerprint density at radius 1 is 0.793 bits per heavy atom. The fraction of sp³-hybridized carbons (Fsp3) is 0.0870. The number of hydrogen-bond donors (Lipinski definition) is 1. The van der Waals surface area contributed by atoms with Gasteiger partial charge < -0.3 is 10.1 Å². The largest absolute Gasteiger partial charge is 0.454 e. The summed E-state index contributed by atoms with van der Waals surface area (Å²) in [5.41, 5.74) is 1.63. The van der Waals surface area contributed by atoms with Gasteiger partial charge in [-0.2, -0.15) is 0 Å². The fourth-order valence-corrected chi connectivity index (χ4v) is 2.96. The molecule has 0 heterocycles. The average molecular weight is 408 g/mol. The van der Waals surface area contributed by atoms with Gasteiger partial charge in [-0.05, 0) is 29.8 Å². The number of benzene rings is 3. The normalized spacial score (nSPS) is 10.2. The van der Waals surface area contributed by atoms with E-state index in [1.165, 1.54) is 6.07 Å². The van der Waals surface area contributed by atoms with Gasteiger partial charge in [0.2, 0.25) is 11.7 Å². The van der Waals surface area contributed by atoms with E-state index in [0.717, 1.165) is 5.56 Å². The highest BCUT2D eigenvalue weighted by atomic mass is 35.5. The molecule has 0 bridgehead atoms. The molecular weight excluding hydrogens is 390 g/mol. The van der Waals surface area contributed by atoms with Crippen LogP contribution in [0.15, 0.2) is 78.9 Å². The molecule has 0 saturated heterocycles. The SMILES string of the molecule is O=C(Cc1ccccc1)Nc1ccccc1C(=O)OCC(=O)c1ccccc1Cl. The van der Waals surface area contributed by atoms with Crippen molar-refractivity contribution < 1.29 is 19.1 Å². The van der Waals surface area contributed by atoms with E-state index in [-0.39, 0.29) is 23.5 Å². The maximum atomic E-state index is 12.5. The van der Waals surface area contributed by atoms with Crippen molar-refractivity contribution in [3.05, 3.63) is 101 Å². The standard InChI is InChI=1S/C23H18ClNO4/c24-19-12-6-4-10-17(19)21(26)15-29-23(28)18-11-5-7-13-20(18)25-22(27)14-16-8-2-1-3-9-16/h1-13H,14-15H2,(H,25,27). The quantitative estimate of drug-likeness (QED) is 0.460. The molecule has 0 aliphatic carbocycles. The lowest BCUT2D eigenvalue weighted by Crippen LogP contribution is -2.19. The lowest BCUT2D eigenvalue weighted by atomic mass is 10.1. The number of amides is 1. The van der Waals surface area contributed by atoms with Gasteiger partial charge in [-0.3, -0.25) is 9.59 Å². The number of nitrogens with one attached hydrogen (secondary N) is 1. The van der Waals surface area contributed by atoms with Gasteiger partial charge in [-0.15, -0.1) is 0 Å². The van der Waals surface area contributed by atoms with Crippen LogP contribution in [-0.4, -0.2) is 24.3 Å². The molecule has 3 aromatic rings. The zero-order valence-electron chi connectivity index (χ0n) is 15.4. The number of ether oxygens (including phenoxy) is 1. The molecule has 0 aliphatic heterocycles. The van der Waals surface area contributed by atoms with Gasteiger partial charge >= 0.3 is 5.97 Å². The average Bonchev–Trinajstić information content (AvgIpc) is 2.73. The van der Waals surface area contributed by atoms with Gasteiger partial charge in [-0.1, -0.05) is 66.2 Å². The maximum Gasteiger partial charge on any atom is 0.340 e. The van der Waals surface area contributed by atoms with Crippen LogP contribution in [0.4, 0.5) is 5.69 Å². The minimum Gasteiger partial charge on any atom is -0.454 e. The van der Waals surface area contributed by atoms with Gasteiger partial charge in [0.15, 0.2) is 6.61 Å². The van der Waals surface area contributed by atoms with Crippen molar-refractivity contribution in [2.24, 2.45) is 0 Å². The number of ketones is 1. The van der Waals surface area contributed by atoms with Crippen molar-refractivity contribution in [1.82, 2.24) is 0 Å². The number of anilines is 1. The molecule has 0 atom stereocenters. The molecule has 29 heavy (non-hydrogen) atoms. The highest BCUT2D eigenvalue weighted by molar-refractivity contribution is 6.34. The number of para-hydroxylation sites is 1. The zero-order chi connectivity index (χ0) is 20.6. The minimum atomic E-state index is -0.707. The van der Waals surface area contributed by atoms with Crippen LogP contribution >= 0.6 is 11.6 Å². The molecule has 0 unspecified atom stereocenters. The van der Waals surface area contributed by atoms with Crippen LogP contribution in [0.2, 0.25) is 5.02 Å². The van der Waals surface area contributed by atoms with Crippen molar-refractivity contribution in [1.29, 1.82) is 0 Å². The summed E-state index contributed by atoms with van der Waals surface area (Å²) in [5.74, 6) is -1.38. The van der Waals surface area contributed by atoms with Crippen molar-refractivity contribution in [3.8, 4) is 0 Å². The third kappa shape index (κ3) is 5.53. The highest BCUT2D eigenvalue weighted by Crippen LogP contribution is 2.18. The molecule has 0 radical (unpaired) electrons. The van der Waals surface area contributed by atoms with Crippen molar-refractivity contribution >= 4 is 34.9 Å². The number of halogens is 1. The molecule has 0 aliphatic rings. The molecule has 1 N–H and O–H groups in total. The third-order valence-electron chi connectivity index (χ3n) is 4.14. The predicted molar refractivity (Wildman–Crippen MR) is 111 cm³/mol. The van der Waals surface area contributed by atoms with E-state index in [9.17, 15) is 14.4 Å². The lowest BCUT2D eigenvalue weighted by molar-refractivity contribution is -0.115. The fourth-order valence-electron chi connectivity index (χ4n) is 2.72. The van der Waals surface area contributed by atoms with Gasteiger partial charge in [-0.25, -0.2) is 4.79 Å². The summed E-state index contributed by atoms with van der Waals surface area (Å²) >= 11 is 5.99. The van der Waals surface area contributed by atoms with E-state index in [4.69, 9.17) is 16.3 Å². The van der Waals surface area contributed by atoms with E-state index in [1.807, 2.05) is 30.3 Å². The van der Waals surface area contributed by atoms with E-state index in [1.54, 1.807) is 42.5 Å². The Kier molecular flexibility index (Phi) is 6.76. The van der Waals surface area contributed by atoms with E-state index in [0.29, 0.717) is 10.7 Å². The second-order valence-corrected chi connectivity index (χ2v) is 6.64.